The lowest BCUT2D eigenvalue weighted by Gasteiger charge is -2.00. The van der Waals surface area contributed by atoms with E-state index in [1.807, 2.05) is 36.4 Å². The number of thiazole rings is 2. The van der Waals surface area contributed by atoms with Gasteiger partial charge in [0.05, 0.1) is 28.1 Å². The Hall–Kier alpha value is -3.40. The summed E-state index contributed by atoms with van der Waals surface area (Å²) in [4.78, 5) is 10.5. The van der Waals surface area contributed by atoms with Gasteiger partial charge >= 0.3 is 0 Å². The maximum absolute atomic E-state index is 13.4. The zero-order chi connectivity index (χ0) is 23.6. The summed E-state index contributed by atoms with van der Waals surface area (Å²) in [6.07, 6.45) is 0.503. The summed E-state index contributed by atoms with van der Waals surface area (Å²) in [6.45, 7) is 0. The molecule has 3 heterocycles. The van der Waals surface area contributed by atoms with E-state index in [9.17, 15) is 4.39 Å². The summed E-state index contributed by atoms with van der Waals surface area (Å²) >= 11 is 4.61. The van der Waals surface area contributed by atoms with Crippen molar-refractivity contribution in [3.63, 3.8) is 0 Å². The zero-order valence-electron chi connectivity index (χ0n) is 18.2. The fourth-order valence-corrected chi connectivity index (χ4v) is 6.44. The third-order valence-corrected chi connectivity index (χ3v) is 8.39. The fraction of sp³-hybridized carbons (Fsp3) is 0.0769. The van der Waals surface area contributed by atoms with Gasteiger partial charge in [-0.05, 0) is 12.1 Å². The number of benzene rings is 3. The second kappa shape index (κ2) is 9.69. The van der Waals surface area contributed by atoms with Crippen molar-refractivity contribution in [2.45, 2.75) is 17.4 Å². The van der Waals surface area contributed by atoms with Crippen LogP contribution in [0.25, 0.3) is 32.0 Å². The number of hydrogen-bond acceptors (Lipinski definition) is 8. The maximum atomic E-state index is 13.4. The summed E-state index contributed by atoms with van der Waals surface area (Å²) < 4.78 is 20.3. The Balaban J connectivity index is 1.22. The van der Waals surface area contributed by atoms with Crippen LogP contribution >= 0.6 is 34.4 Å². The van der Waals surface area contributed by atoms with Crippen LogP contribution in [0.3, 0.4) is 0 Å². The first-order valence-corrected chi connectivity index (χ1v) is 13.4. The average molecular weight is 517 g/mol. The molecule has 3 aromatic carbocycles. The summed E-state index contributed by atoms with van der Waals surface area (Å²) in [6, 6.07) is 25.0. The van der Waals surface area contributed by atoms with Gasteiger partial charge < -0.3 is 4.42 Å². The Labute approximate surface area is 212 Å². The average Bonchev–Trinajstić information content (AvgIpc) is 3.62. The molecule has 5 nitrogen and oxygen atoms in total. The molecule has 0 N–H and O–H groups in total. The number of hydrogen-bond donors (Lipinski definition) is 0. The molecule has 0 saturated heterocycles. The smallest absolute Gasteiger partial charge is 0.276 e. The van der Waals surface area contributed by atoms with Gasteiger partial charge in [-0.3, -0.25) is 0 Å². The lowest BCUT2D eigenvalue weighted by atomic mass is 10.1. The van der Waals surface area contributed by atoms with E-state index >= 15 is 0 Å². The van der Waals surface area contributed by atoms with Crippen molar-refractivity contribution in [2.75, 3.05) is 0 Å². The lowest BCUT2D eigenvalue weighted by Crippen LogP contribution is -1.89. The first-order chi connectivity index (χ1) is 17.2. The summed E-state index contributed by atoms with van der Waals surface area (Å²) in [5.41, 5.74) is 3.74. The quantitative estimate of drug-likeness (QED) is 0.205. The first kappa shape index (κ1) is 22.1. The Morgan fingerprint density at radius 1 is 0.829 bits per heavy atom. The minimum Gasteiger partial charge on any atom is -0.416 e. The molecule has 0 bridgehead atoms. The number of rotatable bonds is 7. The minimum absolute atomic E-state index is 0.281. The van der Waals surface area contributed by atoms with E-state index in [2.05, 4.69) is 39.4 Å². The van der Waals surface area contributed by atoms with E-state index in [4.69, 9.17) is 9.40 Å². The van der Waals surface area contributed by atoms with Crippen LogP contribution in [0.4, 0.5) is 4.39 Å². The molecule has 6 aromatic rings. The molecule has 0 amide bonds. The molecule has 0 aliphatic carbocycles. The largest absolute Gasteiger partial charge is 0.416 e. The van der Waals surface area contributed by atoms with Crippen molar-refractivity contribution < 1.29 is 8.81 Å². The summed E-state index contributed by atoms with van der Waals surface area (Å²) in [5.74, 6) is 0.840. The highest BCUT2D eigenvalue weighted by atomic mass is 32.2. The van der Waals surface area contributed by atoms with Crippen LogP contribution in [0.15, 0.2) is 88.5 Å². The topological polar surface area (TPSA) is 64.7 Å². The van der Waals surface area contributed by atoms with E-state index in [-0.39, 0.29) is 5.82 Å². The maximum Gasteiger partial charge on any atom is 0.276 e. The molecule has 0 aliphatic heterocycles. The van der Waals surface area contributed by atoms with Crippen LogP contribution in [-0.4, -0.2) is 20.2 Å². The van der Waals surface area contributed by atoms with Gasteiger partial charge in [0.1, 0.15) is 15.8 Å². The van der Waals surface area contributed by atoms with Crippen LogP contribution < -0.4 is 0 Å². The van der Waals surface area contributed by atoms with Gasteiger partial charge in [-0.2, -0.15) is 0 Å². The van der Waals surface area contributed by atoms with Crippen LogP contribution in [0.2, 0.25) is 0 Å². The second-order valence-electron chi connectivity index (χ2n) is 7.67. The monoisotopic (exact) mass is 516 g/mol. The van der Waals surface area contributed by atoms with Gasteiger partial charge in [-0.25, -0.2) is 14.4 Å². The van der Waals surface area contributed by atoms with Gasteiger partial charge in [-0.15, -0.1) is 32.9 Å². The fourth-order valence-electron chi connectivity index (χ4n) is 3.64. The normalized spacial score (nSPS) is 11.3. The van der Waals surface area contributed by atoms with Crippen LogP contribution in [0.1, 0.15) is 15.8 Å². The number of aromatic nitrogens is 4. The molecule has 0 unspecified atom stereocenters. The van der Waals surface area contributed by atoms with Crippen molar-refractivity contribution in [3.05, 3.63) is 100 Å². The first-order valence-electron chi connectivity index (χ1n) is 10.8. The Morgan fingerprint density at radius 2 is 1.60 bits per heavy atom. The van der Waals surface area contributed by atoms with E-state index in [0.717, 1.165) is 36.4 Å². The van der Waals surface area contributed by atoms with Crippen molar-refractivity contribution >= 4 is 44.7 Å². The Morgan fingerprint density at radius 3 is 2.40 bits per heavy atom. The highest BCUT2D eigenvalue weighted by molar-refractivity contribution is 7.98. The molecule has 172 valence electrons. The van der Waals surface area contributed by atoms with Crippen LogP contribution in [0.5, 0.6) is 0 Å². The van der Waals surface area contributed by atoms with Crippen molar-refractivity contribution in [1.82, 2.24) is 20.2 Å². The number of thioether (sulfide) groups is 1. The summed E-state index contributed by atoms with van der Waals surface area (Å²) in [7, 11) is 0. The predicted octanol–water partition coefficient (Wildman–Crippen LogP) is 7.49. The lowest BCUT2D eigenvalue weighted by molar-refractivity contribution is 0.421. The predicted molar refractivity (Wildman–Crippen MR) is 139 cm³/mol. The molecular weight excluding hydrogens is 500 g/mol. The zero-order valence-corrected chi connectivity index (χ0v) is 20.7. The molecule has 3 aromatic heterocycles. The van der Waals surface area contributed by atoms with E-state index in [1.165, 1.54) is 35.2 Å². The van der Waals surface area contributed by atoms with E-state index in [0.29, 0.717) is 28.8 Å². The standard InChI is InChI=1S/C26H17FN4OS3/c27-18-11-12-20-19(13-18)28-23(34-20)15-33-26-31-30-22(32-26)14-21-24(16-7-3-1-4-8-16)29-25(35-21)17-9-5-2-6-10-17/h1-13H,14-15H2. The third kappa shape index (κ3) is 4.88. The highest BCUT2D eigenvalue weighted by Gasteiger charge is 2.18. The summed E-state index contributed by atoms with van der Waals surface area (Å²) in [5, 5.41) is 10.8. The van der Waals surface area contributed by atoms with Gasteiger partial charge in [-0.1, -0.05) is 72.4 Å². The molecule has 0 fully saturated rings. The van der Waals surface area contributed by atoms with Crippen LogP contribution in [0, 0.1) is 5.82 Å². The van der Waals surface area contributed by atoms with E-state index < -0.39 is 0 Å². The van der Waals surface area contributed by atoms with Gasteiger partial charge in [0.25, 0.3) is 5.22 Å². The molecule has 0 radical (unpaired) electrons. The molecule has 0 atom stereocenters. The highest BCUT2D eigenvalue weighted by Crippen LogP contribution is 2.35. The van der Waals surface area contributed by atoms with Crippen LogP contribution in [-0.2, 0) is 12.2 Å². The number of fused-ring (bicyclic) bond motifs is 1. The van der Waals surface area contributed by atoms with E-state index in [1.54, 1.807) is 17.4 Å². The van der Waals surface area contributed by atoms with Gasteiger partial charge in [0.15, 0.2) is 0 Å². The van der Waals surface area contributed by atoms with Gasteiger partial charge in [0, 0.05) is 22.1 Å². The van der Waals surface area contributed by atoms with Gasteiger partial charge in [0.2, 0.25) is 5.89 Å². The third-order valence-electron chi connectivity index (χ3n) is 5.24. The molecule has 9 heteroatoms. The molecule has 35 heavy (non-hydrogen) atoms. The minimum atomic E-state index is -0.281. The van der Waals surface area contributed by atoms with Crippen molar-refractivity contribution in [3.8, 4) is 21.8 Å². The number of nitrogens with zero attached hydrogens (tertiary/aromatic N) is 4. The van der Waals surface area contributed by atoms with Crippen molar-refractivity contribution in [2.24, 2.45) is 0 Å². The molecule has 6 rings (SSSR count). The SMILES string of the molecule is Fc1ccc2sc(CSc3nnc(Cc4sc(-c5ccccc5)nc4-c4ccccc4)o3)nc2c1. The number of halogens is 1. The van der Waals surface area contributed by atoms with Crippen molar-refractivity contribution in [1.29, 1.82) is 0 Å². The second-order valence-corrected chi connectivity index (χ2v) is 10.8. The Bertz CT molecular complexity index is 1600. The Kier molecular flexibility index (Phi) is 6.12. The molecular formula is C26H17FN4OS3. The molecule has 0 aliphatic rings. The molecule has 0 saturated carbocycles. The molecule has 0 spiro atoms.